The topological polar surface area (TPSA) is 58.6 Å². The van der Waals surface area contributed by atoms with Gasteiger partial charge in [0.2, 0.25) is 0 Å². The Balaban J connectivity index is 2.14. The third-order valence-electron chi connectivity index (χ3n) is 5.09. The molecule has 1 fully saturated rings. The van der Waals surface area contributed by atoms with Gasteiger partial charge in [0.15, 0.2) is 0 Å². The molecular formula is C19H28N2O3. The molecule has 0 bridgehead atoms. The molecule has 1 aromatic rings. The van der Waals surface area contributed by atoms with E-state index in [4.69, 9.17) is 4.74 Å². The largest absolute Gasteiger partial charge is 0.466 e. The lowest BCUT2D eigenvalue weighted by Crippen LogP contribution is -2.42. The molecule has 5 heteroatoms. The van der Waals surface area contributed by atoms with Gasteiger partial charge in [0, 0.05) is 18.8 Å². The van der Waals surface area contributed by atoms with E-state index in [-0.39, 0.29) is 17.9 Å². The number of benzene rings is 1. The number of urea groups is 1. The maximum absolute atomic E-state index is 12.7. The summed E-state index contributed by atoms with van der Waals surface area (Å²) in [5.74, 6) is -0.0723. The van der Waals surface area contributed by atoms with E-state index in [0.717, 1.165) is 16.8 Å². The highest BCUT2D eigenvalue weighted by molar-refractivity contribution is 5.92. The lowest BCUT2D eigenvalue weighted by molar-refractivity contribution is -0.157. The summed E-state index contributed by atoms with van der Waals surface area (Å²) in [6.07, 6.45) is 0.643. The van der Waals surface area contributed by atoms with E-state index in [1.807, 2.05) is 52.8 Å². The van der Waals surface area contributed by atoms with Crippen molar-refractivity contribution in [1.82, 2.24) is 4.90 Å². The molecule has 1 atom stereocenters. The molecule has 0 unspecified atom stereocenters. The summed E-state index contributed by atoms with van der Waals surface area (Å²) < 4.78 is 5.28. The number of esters is 1. The summed E-state index contributed by atoms with van der Waals surface area (Å²) in [6.45, 7) is 11.1. The van der Waals surface area contributed by atoms with Crippen LogP contribution in [0, 0.1) is 25.2 Å². The molecule has 1 aliphatic rings. The molecule has 0 radical (unpaired) electrons. The zero-order valence-electron chi connectivity index (χ0n) is 15.3. The molecule has 24 heavy (non-hydrogen) atoms. The maximum atomic E-state index is 12.7. The predicted molar refractivity (Wildman–Crippen MR) is 95.0 cm³/mol. The highest BCUT2D eigenvalue weighted by Gasteiger charge is 2.49. The van der Waals surface area contributed by atoms with Gasteiger partial charge in [-0.2, -0.15) is 0 Å². The third kappa shape index (κ3) is 3.40. The molecule has 0 aromatic heterocycles. The number of likely N-dealkylation sites (tertiary alicyclic amines) is 1. The zero-order chi connectivity index (χ0) is 17.9. The second-order valence-corrected chi connectivity index (χ2v) is 6.90. The number of hydrogen-bond acceptors (Lipinski definition) is 3. The number of amides is 2. The van der Waals surface area contributed by atoms with Gasteiger partial charge >= 0.3 is 12.0 Å². The van der Waals surface area contributed by atoms with Gasteiger partial charge in [-0.05, 0) is 44.2 Å². The number of nitrogens with one attached hydrogen (secondary N) is 1. The van der Waals surface area contributed by atoms with Gasteiger partial charge in [0.25, 0.3) is 0 Å². The van der Waals surface area contributed by atoms with Crippen LogP contribution in [0.2, 0.25) is 0 Å². The first-order chi connectivity index (χ1) is 11.3. The SMILES string of the molecule is CCOC(=O)[C@]1(C(C)C)CCN(C(=O)Nc2c(C)cccc2C)C1. The van der Waals surface area contributed by atoms with Crippen LogP contribution >= 0.6 is 0 Å². The quantitative estimate of drug-likeness (QED) is 0.854. The van der Waals surface area contributed by atoms with Crippen molar-refractivity contribution in [2.24, 2.45) is 11.3 Å². The highest BCUT2D eigenvalue weighted by Crippen LogP contribution is 2.39. The molecule has 1 heterocycles. The van der Waals surface area contributed by atoms with Crippen molar-refractivity contribution in [2.45, 2.75) is 41.0 Å². The van der Waals surface area contributed by atoms with E-state index < -0.39 is 5.41 Å². The van der Waals surface area contributed by atoms with E-state index in [9.17, 15) is 9.59 Å². The lowest BCUT2D eigenvalue weighted by atomic mass is 9.76. The Kier molecular flexibility index (Phi) is 5.52. The van der Waals surface area contributed by atoms with Gasteiger partial charge < -0.3 is 15.0 Å². The van der Waals surface area contributed by atoms with E-state index in [2.05, 4.69) is 5.32 Å². The average molecular weight is 332 g/mol. The van der Waals surface area contributed by atoms with E-state index in [1.54, 1.807) is 4.90 Å². The summed E-state index contributed by atoms with van der Waals surface area (Å²) in [5.41, 5.74) is 2.31. The van der Waals surface area contributed by atoms with Gasteiger partial charge in [-0.3, -0.25) is 4.79 Å². The van der Waals surface area contributed by atoms with E-state index in [0.29, 0.717) is 26.1 Å². The summed E-state index contributed by atoms with van der Waals surface area (Å²) in [7, 11) is 0. The number of nitrogens with zero attached hydrogens (tertiary/aromatic N) is 1. The van der Waals surface area contributed by atoms with Crippen LogP contribution in [-0.4, -0.2) is 36.6 Å². The number of hydrogen-bond donors (Lipinski definition) is 1. The molecule has 2 rings (SSSR count). The molecular weight excluding hydrogens is 304 g/mol. The van der Waals surface area contributed by atoms with Crippen LogP contribution in [0.5, 0.6) is 0 Å². The smallest absolute Gasteiger partial charge is 0.321 e. The Bertz CT molecular complexity index is 607. The maximum Gasteiger partial charge on any atom is 0.321 e. The van der Waals surface area contributed by atoms with E-state index in [1.165, 1.54) is 0 Å². The first kappa shape index (κ1) is 18.3. The summed E-state index contributed by atoms with van der Waals surface area (Å²) in [4.78, 5) is 26.9. The van der Waals surface area contributed by atoms with Crippen LogP contribution in [0.1, 0.15) is 38.3 Å². The van der Waals surface area contributed by atoms with Crippen molar-refractivity contribution in [3.8, 4) is 0 Å². The minimum Gasteiger partial charge on any atom is -0.466 e. The standard InChI is InChI=1S/C19H28N2O3/c1-6-24-17(22)19(13(2)3)10-11-21(12-19)18(23)20-16-14(4)8-7-9-15(16)5/h7-9,13H,6,10-12H2,1-5H3,(H,20,23)/t19-/m1/s1. The number of rotatable bonds is 4. The fourth-order valence-corrected chi connectivity index (χ4v) is 3.35. The second-order valence-electron chi connectivity index (χ2n) is 6.90. The highest BCUT2D eigenvalue weighted by atomic mass is 16.5. The van der Waals surface area contributed by atoms with Crippen LogP contribution in [0.3, 0.4) is 0 Å². The minimum absolute atomic E-state index is 0.120. The summed E-state index contributed by atoms with van der Waals surface area (Å²) >= 11 is 0. The predicted octanol–water partition coefficient (Wildman–Crippen LogP) is 3.75. The normalized spacial score (nSPS) is 20.3. The van der Waals surface area contributed by atoms with Crippen molar-refractivity contribution in [3.63, 3.8) is 0 Å². The van der Waals surface area contributed by atoms with Gasteiger partial charge in [-0.25, -0.2) is 4.79 Å². The first-order valence-corrected chi connectivity index (χ1v) is 8.61. The van der Waals surface area contributed by atoms with Crippen LogP contribution < -0.4 is 5.32 Å². The third-order valence-corrected chi connectivity index (χ3v) is 5.09. The zero-order valence-corrected chi connectivity index (χ0v) is 15.3. The van der Waals surface area contributed by atoms with Crippen molar-refractivity contribution in [2.75, 3.05) is 25.0 Å². The number of para-hydroxylation sites is 1. The fourth-order valence-electron chi connectivity index (χ4n) is 3.35. The van der Waals surface area contributed by atoms with Gasteiger partial charge in [0.05, 0.1) is 12.0 Å². The summed E-state index contributed by atoms with van der Waals surface area (Å²) in [6, 6.07) is 5.77. The minimum atomic E-state index is -0.603. The molecule has 0 spiro atoms. The number of ether oxygens (including phenoxy) is 1. The van der Waals surface area contributed by atoms with Gasteiger partial charge in [0.1, 0.15) is 0 Å². The Morgan fingerprint density at radius 2 is 1.92 bits per heavy atom. The lowest BCUT2D eigenvalue weighted by Gasteiger charge is -2.30. The number of carbonyl (C=O) groups is 2. The molecule has 1 N–H and O–H groups in total. The summed E-state index contributed by atoms with van der Waals surface area (Å²) in [5, 5.41) is 3.00. The molecule has 2 amide bonds. The second kappa shape index (κ2) is 7.24. The van der Waals surface area contributed by atoms with Crippen molar-refractivity contribution >= 4 is 17.7 Å². The van der Waals surface area contributed by atoms with Crippen LogP contribution in [0.15, 0.2) is 18.2 Å². The number of anilines is 1. The van der Waals surface area contributed by atoms with E-state index >= 15 is 0 Å². The van der Waals surface area contributed by atoms with Crippen molar-refractivity contribution in [3.05, 3.63) is 29.3 Å². The van der Waals surface area contributed by atoms with Gasteiger partial charge in [-0.15, -0.1) is 0 Å². The first-order valence-electron chi connectivity index (χ1n) is 8.61. The molecule has 5 nitrogen and oxygen atoms in total. The average Bonchev–Trinajstić information content (AvgIpc) is 2.98. The van der Waals surface area contributed by atoms with Crippen molar-refractivity contribution in [1.29, 1.82) is 0 Å². The number of carbonyl (C=O) groups excluding carboxylic acids is 2. The molecule has 0 aliphatic carbocycles. The Morgan fingerprint density at radius 3 is 2.46 bits per heavy atom. The molecule has 1 aliphatic heterocycles. The molecule has 132 valence electrons. The van der Waals surface area contributed by atoms with Crippen LogP contribution in [0.25, 0.3) is 0 Å². The van der Waals surface area contributed by atoms with Gasteiger partial charge in [-0.1, -0.05) is 32.0 Å². The van der Waals surface area contributed by atoms with Crippen molar-refractivity contribution < 1.29 is 14.3 Å². The van der Waals surface area contributed by atoms with Crippen LogP contribution in [-0.2, 0) is 9.53 Å². The Morgan fingerprint density at radius 1 is 1.29 bits per heavy atom. The Hall–Kier alpha value is -2.04. The Labute approximate surface area is 144 Å². The van der Waals surface area contributed by atoms with Crippen LogP contribution in [0.4, 0.5) is 10.5 Å². The molecule has 1 aromatic carbocycles. The monoisotopic (exact) mass is 332 g/mol. The number of aryl methyl sites for hydroxylation is 2. The fraction of sp³-hybridized carbons (Fsp3) is 0.579. The molecule has 0 saturated carbocycles. The molecule has 1 saturated heterocycles.